The van der Waals surface area contributed by atoms with Crippen LogP contribution in [0, 0.1) is 0 Å². The molecule has 0 aliphatic carbocycles. The predicted octanol–water partition coefficient (Wildman–Crippen LogP) is 4.94. The molecule has 33 heavy (non-hydrogen) atoms. The Hall–Kier alpha value is -2.74. The van der Waals surface area contributed by atoms with Gasteiger partial charge in [0.2, 0.25) is 10.0 Å². The highest BCUT2D eigenvalue weighted by molar-refractivity contribution is 7.92. The van der Waals surface area contributed by atoms with E-state index in [1.165, 1.54) is 11.4 Å². The monoisotopic (exact) mass is 506 g/mol. The summed E-state index contributed by atoms with van der Waals surface area (Å²) >= 11 is 12.1. The van der Waals surface area contributed by atoms with Gasteiger partial charge in [-0.2, -0.15) is 0 Å². The lowest BCUT2D eigenvalue weighted by molar-refractivity contribution is 0.0954. The molecule has 6 nitrogen and oxygen atoms in total. The van der Waals surface area contributed by atoms with Crippen LogP contribution >= 0.6 is 23.2 Å². The van der Waals surface area contributed by atoms with E-state index in [9.17, 15) is 13.2 Å². The molecular weight excluding hydrogens is 483 g/mol. The molecule has 3 aromatic carbocycles. The molecule has 3 aromatic rings. The van der Waals surface area contributed by atoms with Crippen molar-refractivity contribution in [1.29, 1.82) is 0 Å². The molecule has 0 radical (unpaired) electrons. The fourth-order valence-electron chi connectivity index (χ4n) is 3.21. The van der Waals surface area contributed by atoms with Gasteiger partial charge in [0, 0.05) is 17.1 Å². The summed E-state index contributed by atoms with van der Waals surface area (Å²) in [5.41, 5.74) is 2.72. The zero-order valence-corrected chi connectivity index (χ0v) is 20.5. The molecule has 0 unspecified atom stereocenters. The second-order valence-electron chi connectivity index (χ2n) is 7.42. The number of halogens is 2. The van der Waals surface area contributed by atoms with E-state index < -0.39 is 10.0 Å². The van der Waals surface area contributed by atoms with Crippen molar-refractivity contribution < 1.29 is 17.9 Å². The minimum Gasteiger partial charge on any atom is -0.495 e. The lowest BCUT2D eigenvalue weighted by Crippen LogP contribution is -2.29. The minimum atomic E-state index is -3.57. The van der Waals surface area contributed by atoms with Gasteiger partial charge in [-0.3, -0.25) is 9.10 Å². The zero-order valence-electron chi connectivity index (χ0n) is 18.2. The summed E-state index contributed by atoms with van der Waals surface area (Å²) in [5.74, 6) is 0.262. The number of hydrogen-bond acceptors (Lipinski definition) is 4. The Morgan fingerprint density at radius 1 is 0.970 bits per heavy atom. The maximum absolute atomic E-state index is 12.4. The van der Waals surface area contributed by atoms with Crippen molar-refractivity contribution in [2.45, 2.75) is 13.0 Å². The van der Waals surface area contributed by atoms with Gasteiger partial charge in [0.15, 0.2) is 0 Å². The summed E-state index contributed by atoms with van der Waals surface area (Å²) in [7, 11) is -2.08. The first kappa shape index (κ1) is 24.9. The van der Waals surface area contributed by atoms with E-state index >= 15 is 0 Å². The molecule has 1 N–H and O–H groups in total. The second kappa shape index (κ2) is 10.9. The van der Waals surface area contributed by atoms with E-state index in [0.717, 1.165) is 17.4 Å². The molecule has 9 heteroatoms. The molecule has 0 atom stereocenters. The molecule has 3 rings (SSSR count). The molecule has 174 valence electrons. The van der Waals surface area contributed by atoms with E-state index in [-0.39, 0.29) is 12.5 Å². The smallest absolute Gasteiger partial charge is 0.251 e. The number of nitrogens with zero attached hydrogens (tertiary/aromatic N) is 1. The largest absolute Gasteiger partial charge is 0.495 e. The number of nitrogens with one attached hydrogen (secondary N) is 1. The van der Waals surface area contributed by atoms with Crippen LogP contribution in [0.1, 0.15) is 21.5 Å². The van der Waals surface area contributed by atoms with Gasteiger partial charge in [0.1, 0.15) is 5.75 Å². The maximum atomic E-state index is 12.4. The highest BCUT2D eigenvalue weighted by Crippen LogP contribution is 2.31. The van der Waals surface area contributed by atoms with Crippen LogP contribution in [0.4, 0.5) is 5.69 Å². The Morgan fingerprint density at radius 2 is 1.61 bits per heavy atom. The van der Waals surface area contributed by atoms with Crippen molar-refractivity contribution in [1.82, 2.24) is 5.32 Å². The van der Waals surface area contributed by atoms with Crippen LogP contribution in [-0.4, -0.2) is 34.2 Å². The molecule has 0 fully saturated rings. The van der Waals surface area contributed by atoms with Gasteiger partial charge in [-0.15, -0.1) is 0 Å². The van der Waals surface area contributed by atoms with Gasteiger partial charge >= 0.3 is 0 Å². The number of sulfonamides is 1. The third kappa shape index (κ3) is 6.87. The van der Waals surface area contributed by atoms with Crippen molar-refractivity contribution in [3.05, 3.63) is 93.5 Å². The molecule has 0 aromatic heterocycles. The van der Waals surface area contributed by atoms with Gasteiger partial charge in [-0.05, 0) is 60.0 Å². The zero-order chi connectivity index (χ0) is 24.0. The maximum Gasteiger partial charge on any atom is 0.251 e. The van der Waals surface area contributed by atoms with E-state index in [1.807, 2.05) is 24.3 Å². The van der Waals surface area contributed by atoms with Gasteiger partial charge < -0.3 is 10.1 Å². The third-order valence-corrected chi connectivity index (χ3v) is 6.67. The normalized spacial score (nSPS) is 11.2. The van der Waals surface area contributed by atoms with Gasteiger partial charge in [-0.25, -0.2) is 8.42 Å². The van der Waals surface area contributed by atoms with Crippen LogP contribution in [0.5, 0.6) is 5.75 Å². The van der Waals surface area contributed by atoms with E-state index in [2.05, 4.69) is 5.32 Å². The lowest BCUT2D eigenvalue weighted by Gasteiger charge is -2.23. The van der Waals surface area contributed by atoms with E-state index in [1.54, 1.807) is 42.5 Å². The SMILES string of the molecule is COc1ccc(N(Cc2ccc(C(=O)NCCc3ccc(Cl)cc3)cc2)S(C)(=O)=O)cc1Cl. The number of carbonyl (C=O) groups is 1. The number of rotatable bonds is 9. The predicted molar refractivity (Wildman–Crippen MR) is 133 cm³/mol. The standard InChI is InChI=1S/C24H24Cl2N2O4S/c1-32-23-12-11-21(15-22(23)26)28(33(2,30)31)16-18-3-7-19(8-4-18)24(29)27-14-13-17-5-9-20(25)10-6-17/h3-12,15H,13-14,16H2,1-2H3,(H,27,29). The van der Waals surface area contributed by atoms with Crippen LogP contribution in [0.15, 0.2) is 66.7 Å². The summed E-state index contributed by atoms with van der Waals surface area (Å²) in [6.07, 6.45) is 1.82. The summed E-state index contributed by atoms with van der Waals surface area (Å²) < 4.78 is 31.2. The minimum absolute atomic E-state index is 0.0972. The number of methoxy groups -OCH3 is 1. The van der Waals surface area contributed by atoms with Crippen LogP contribution < -0.4 is 14.4 Å². The molecular formula is C24H24Cl2N2O4S. The van der Waals surface area contributed by atoms with Crippen LogP contribution in [-0.2, 0) is 23.0 Å². The molecule has 1 amide bonds. The Bertz CT molecular complexity index is 1210. The van der Waals surface area contributed by atoms with Crippen molar-refractivity contribution >= 4 is 44.8 Å². The van der Waals surface area contributed by atoms with Crippen LogP contribution in [0.3, 0.4) is 0 Å². The average Bonchev–Trinajstić information content (AvgIpc) is 2.78. The number of amides is 1. The van der Waals surface area contributed by atoms with Crippen molar-refractivity contribution in [2.75, 3.05) is 24.2 Å². The summed E-state index contributed by atoms with van der Waals surface area (Å²) in [5, 5.41) is 3.87. The number of hydrogen-bond donors (Lipinski definition) is 1. The Labute approximate surface area is 204 Å². The highest BCUT2D eigenvalue weighted by atomic mass is 35.5. The van der Waals surface area contributed by atoms with E-state index in [4.69, 9.17) is 27.9 Å². The van der Waals surface area contributed by atoms with Crippen molar-refractivity contribution in [2.24, 2.45) is 0 Å². The Kier molecular flexibility index (Phi) is 8.24. The molecule has 0 aliphatic heterocycles. The Balaban J connectivity index is 1.65. The molecule has 0 aliphatic rings. The van der Waals surface area contributed by atoms with Crippen LogP contribution in [0.25, 0.3) is 0 Å². The molecule has 0 heterocycles. The quantitative estimate of drug-likeness (QED) is 0.445. The molecule has 0 spiro atoms. The number of benzene rings is 3. The highest BCUT2D eigenvalue weighted by Gasteiger charge is 2.19. The molecule has 0 saturated carbocycles. The number of ether oxygens (including phenoxy) is 1. The fraction of sp³-hybridized carbons (Fsp3) is 0.208. The number of carbonyl (C=O) groups excluding carboxylic acids is 1. The topological polar surface area (TPSA) is 75.7 Å². The van der Waals surface area contributed by atoms with Crippen molar-refractivity contribution in [3.63, 3.8) is 0 Å². The summed E-state index contributed by atoms with van der Waals surface area (Å²) in [6, 6.07) is 19.1. The van der Waals surface area contributed by atoms with Crippen molar-refractivity contribution in [3.8, 4) is 5.75 Å². The van der Waals surface area contributed by atoms with Gasteiger partial charge in [-0.1, -0.05) is 47.5 Å². The van der Waals surface area contributed by atoms with Gasteiger partial charge in [0.05, 0.1) is 30.6 Å². The first-order chi connectivity index (χ1) is 15.7. The lowest BCUT2D eigenvalue weighted by atomic mass is 10.1. The summed E-state index contributed by atoms with van der Waals surface area (Å²) in [6.45, 7) is 0.586. The third-order valence-electron chi connectivity index (χ3n) is 4.98. The molecule has 0 bridgehead atoms. The fourth-order valence-corrected chi connectivity index (χ4v) is 4.47. The van der Waals surface area contributed by atoms with Crippen LogP contribution in [0.2, 0.25) is 10.0 Å². The van der Waals surface area contributed by atoms with E-state index in [0.29, 0.717) is 40.0 Å². The average molecular weight is 507 g/mol. The Morgan fingerprint density at radius 3 is 2.18 bits per heavy atom. The van der Waals surface area contributed by atoms with Gasteiger partial charge in [0.25, 0.3) is 5.91 Å². The second-order valence-corrected chi connectivity index (χ2v) is 10.2. The summed E-state index contributed by atoms with van der Waals surface area (Å²) in [4.78, 5) is 12.4. The first-order valence-corrected chi connectivity index (χ1v) is 12.7. The number of anilines is 1. The molecule has 0 saturated heterocycles. The first-order valence-electron chi connectivity index (χ1n) is 10.1.